The molecular weight excluding hydrogens is 328 g/mol. The highest BCUT2D eigenvalue weighted by Crippen LogP contribution is 2.35. The van der Waals surface area contributed by atoms with Crippen molar-refractivity contribution in [1.82, 2.24) is 0 Å². The summed E-state index contributed by atoms with van der Waals surface area (Å²) in [7, 11) is 0. The van der Waals surface area contributed by atoms with Gasteiger partial charge in [-0.1, -0.05) is 103 Å². The Labute approximate surface area is 151 Å². The van der Waals surface area contributed by atoms with Gasteiger partial charge in [0.15, 0.2) is 5.78 Å². The first kappa shape index (κ1) is 17.2. The highest BCUT2D eigenvalue weighted by atomic mass is 32.2. The minimum Gasteiger partial charge on any atom is -0.294 e. The maximum Gasteiger partial charge on any atom is 0.219 e. The summed E-state index contributed by atoms with van der Waals surface area (Å²) in [6.45, 7) is 0. The van der Waals surface area contributed by atoms with Crippen LogP contribution in [0.5, 0.6) is 0 Å². The van der Waals surface area contributed by atoms with Crippen molar-refractivity contribution in [3.63, 3.8) is 0 Å². The van der Waals surface area contributed by atoms with Crippen LogP contribution in [0.2, 0.25) is 0 Å². The standard InChI is InChI=1S/C22H18O2S/c23-20(17-10-4-1-5-11-17)16-21(18-12-6-2-7-13-18)25-22(24)19-14-8-3-9-15-19/h1-15,21H,16H2/t21-/m1/s1. The Morgan fingerprint density at radius 2 is 1.16 bits per heavy atom. The first-order valence-electron chi connectivity index (χ1n) is 8.13. The van der Waals surface area contributed by atoms with E-state index in [0.717, 1.165) is 5.56 Å². The number of hydrogen-bond acceptors (Lipinski definition) is 3. The maximum atomic E-state index is 12.6. The second-order valence-corrected chi connectivity index (χ2v) is 6.84. The number of rotatable bonds is 6. The lowest BCUT2D eigenvalue weighted by molar-refractivity contribution is 0.0982. The molecule has 0 heterocycles. The molecular formula is C22H18O2S. The zero-order valence-electron chi connectivity index (χ0n) is 13.7. The second-order valence-electron chi connectivity index (χ2n) is 5.66. The van der Waals surface area contributed by atoms with Crippen LogP contribution in [0.15, 0.2) is 91.0 Å². The van der Waals surface area contributed by atoms with E-state index in [1.165, 1.54) is 11.8 Å². The fourth-order valence-corrected chi connectivity index (χ4v) is 3.64. The molecule has 0 N–H and O–H groups in total. The molecule has 0 fully saturated rings. The summed E-state index contributed by atoms with van der Waals surface area (Å²) in [6.07, 6.45) is 0.289. The van der Waals surface area contributed by atoms with E-state index in [9.17, 15) is 9.59 Å². The molecule has 0 aliphatic heterocycles. The van der Waals surface area contributed by atoms with Gasteiger partial charge in [0, 0.05) is 22.8 Å². The molecule has 0 aromatic heterocycles. The van der Waals surface area contributed by atoms with E-state index in [1.807, 2.05) is 78.9 Å². The number of hydrogen-bond donors (Lipinski definition) is 0. The molecule has 0 amide bonds. The molecule has 3 rings (SSSR count). The first-order chi connectivity index (χ1) is 12.2. The van der Waals surface area contributed by atoms with Crippen LogP contribution in [0.4, 0.5) is 0 Å². The molecule has 1 atom stereocenters. The lowest BCUT2D eigenvalue weighted by Gasteiger charge is -2.15. The van der Waals surface area contributed by atoms with Crippen LogP contribution in [-0.2, 0) is 0 Å². The summed E-state index contributed by atoms with van der Waals surface area (Å²) in [5, 5.41) is -0.225. The summed E-state index contributed by atoms with van der Waals surface area (Å²) in [5.74, 6) is 0.0443. The van der Waals surface area contributed by atoms with Crippen LogP contribution >= 0.6 is 11.8 Å². The molecule has 2 nitrogen and oxygen atoms in total. The van der Waals surface area contributed by atoms with Crippen molar-refractivity contribution in [3.05, 3.63) is 108 Å². The predicted molar refractivity (Wildman–Crippen MR) is 103 cm³/mol. The van der Waals surface area contributed by atoms with Crippen LogP contribution in [0.1, 0.15) is 38.0 Å². The molecule has 3 heteroatoms. The summed E-state index contributed by atoms with van der Waals surface area (Å²) in [4.78, 5) is 25.2. The zero-order valence-corrected chi connectivity index (χ0v) is 14.5. The fraction of sp³-hybridized carbons (Fsp3) is 0.0909. The SMILES string of the molecule is O=C(C[C@@H](SC(=O)c1ccccc1)c1ccccc1)c1ccccc1. The normalized spacial score (nSPS) is 11.7. The number of carbonyl (C=O) groups excluding carboxylic acids is 2. The largest absolute Gasteiger partial charge is 0.294 e. The smallest absolute Gasteiger partial charge is 0.219 e. The van der Waals surface area contributed by atoms with Crippen molar-refractivity contribution in [1.29, 1.82) is 0 Å². The molecule has 0 saturated carbocycles. The molecule has 124 valence electrons. The van der Waals surface area contributed by atoms with E-state index in [0.29, 0.717) is 11.1 Å². The van der Waals surface area contributed by atoms with Gasteiger partial charge in [0.05, 0.1) is 0 Å². The third kappa shape index (κ3) is 4.68. The minimum atomic E-state index is -0.207. The Balaban J connectivity index is 1.81. The average Bonchev–Trinajstić information content (AvgIpc) is 2.69. The molecule has 0 saturated heterocycles. The van der Waals surface area contributed by atoms with Gasteiger partial charge in [-0.3, -0.25) is 9.59 Å². The van der Waals surface area contributed by atoms with E-state index in [-0.39, 0.29) is 22.6 Å². The van der Waals surface area contributed by atoms with E-state index >= 15 is 0 Å². The third-order valence-corrected chi connectivity index (χ3v) is 5.07. The van der Waals surface area contributed by atoms with Crippen LogP contribution in [0.3, 0.4) is 0 Å². The van der Waals surface area contributed by atoms with Crippen LogP contribution in [0, 0.1) is 0 Å². The van der Waals surface area contributed by atoms with Crippen molar-refractivity contribution in [2.45, 2.75) is 11.7 Å². The topological polar surface area (TPSA) is 34.1 Å². The highest BCUT2D eigenvalue weighted by Gasteiger charge is 2.21. The number of Topliss-reactive ketones (excluding diaryl/α,β-unsaturated/α-hetero) is 1. The van der Waals surface area contributed by atoms with Crippen LogP contribution in [0.25, 0.3) is 0 Å². The lowest BCUT2D eigenvalue weighted by atomic mass is 10.0. The fourth-order valence-electron chi connectivity index (χ4n) is 2.58. The summed E-state index contributed by atoms with van der Waals surface area (Å²) in [6, 6.07) is 28.1. The summed E-state index contributed by atoms with van der Waals surface area (Å²) < 4.78 is 0. The van der Waals surface area contributed by atoms with E-state index in [4.69, 9.17) is 0 Å². The average molecular weight is 346 g/mol. The Morgan fingerprint density at radius 1 is 0.680 bits per heavy atom. The molecule has 0 bridgehead atoms. The molecule has 0 unspecified atom stereocenters. The molecule has 0 spiro atoms. The van der Waals surface area contributed by atoms with Gasteiger partial charge in [-0.05, 0) is 5.56 Å². The second kappa shape index (κ2) is 8.45. The van der Waals surface area contributed by atoms with Crippen molar-refractivity contribution < 1.29 is 9.59 Å². The highest BCUT2D eigenvalue weighted by molar-refractivity contribution is 8.14. The molecule has 25 heavy (non-hydrogen) atoms. The van der Waals surface area contributed by atoms with Crippen molar-refractivity contribution in [3.8, 4) is 0 Å². The van der Waals surface area contributed by atoms with Gasteiger partial charge in [-0.25, -0.2) is 0 Å². The molecule has 0 aliphatic rings. The van der Waals surface area contributed by atoms with Crippen LogP contribution in [-0.4, -0.2) is 10.9 Å². The van der Waals surface area contributed by atoms with Gasteiger partial charge < -0.3 is 0 Å². The molecule has 0 aliphatic carbocycles. The maximum absolute atomic E-state index is 12.6. The molecule has 0 radical (unpaired) electrons. The Bertz CT molecular complexity index is 776. The minimum absolute atomic E-state index is 0.0182. The van der Waals surface area contributed by atoms with Crippen LogP contribution < -0.4 is 0 Å². The first-order valence-corrected chi connectivity index (χ1v) is 9.01. The number of carbonyl (C=O) groups is 2. The van der Waals surface area contributed by atoms with Gasteiger partial charge >= 0.3 is 0 Å². The lowest BCUT2D eigenvalue weighted by Crippen LogP contribution is -2.08. The Hall–Kier alpha value is -2.65. The quantitative estimate of drug-likeness (QED) is 0.547. The van der Waals surface area contributed by atoms with Gasteiger partial charge in [-0.15, -0.1) is 0 Å². The van der Waals surface area contributed by atoms with Crippen molar-refractivity contribution in [2.24, 2.45) is 0 Å². The summed E-state index contributed by atoms with van der Waals surface area (Å²) >= 11 is 1.21. The van der Waals surface area contributed by atoms with Crippen molar-refractivity contribution in [2.75, 3.05) is 0 Å². The summed E-state index contributed by atoms with van der Waals surface area (Å²) in [5.41, 5.74) is 2.32. The van der Waals surface area contributed by atoms with E-state index < -0.39 is 0 Å². The van der Waals surface area contributed by atoms with Gasteiger partial charge in [-0.2, -0.15) is 0 Å². The predicted octanol–water partition coefficient (Wildman–Crippen LogP) is 5.57. The third-order valence-electron chi connectivity index (χ3n) is 3.90. The van der Waals surface area contributed by atoms with Gasteiger partial charge in [0.1, 0.15) is 0 Å². The monoisotopic (exact) mass is 346 g/mol. The number of thioether (sulfide) groups is 1. The van der Waals surface area contributed by atoms with Gasteiger partial charge in [0.25, 0.3) is 0 Å². The zero-order chi connectivity index (χ0) is 17.5. The Kier molecular flexibility index (Phi) is 5.81. The van der Waals surface area contributed by atoms with Gasteiger partial charge in [0.2, 0.25) is 5.12 Å². The number of benzene rings is 3. The molecule has 3 aromatic rings. The van der Waals surface area contributed by atoms with Crippen molar-refractivity contribution >= 4 is 22.7 Å². The Morgan fingerprint density at radius 3 is 1.72 bits per heavy atom. The van der Waals surface area contributed by atoms with E-state index in [2.05, 4.69) is 0 Å². The molecule has 3 aromatic carbocycles. The number of ketones is 1. The van der Waals surface area contributed by atoms with E-state index in [1.54, 1.807) is 12.1 Å².